The van der Waals surface area contributed by atoms with Crippen LogP contribution in [0.3, 0.4) is 0 Å². The Morgan fingerprint density at radius 2 is 1.94 bits per heavy atom. The Bertz CT molecular complexity index is 361. The summed E-state index contributed by atoms with van der Waals surface area (Å²) in [5.74, 6) is 0.675. The molecule has 0 aromatic heterocycles. The van der Waals surface area contributed by atoms with E-state index in [0.717, 1.165) is 32.6 Å². The Morgan fingerprint density at radius 1 is 1.22 bits per heavy atom. The lowest BCUT2D eigenvalue weighted by Crippen LogP contribution is -2.60. The van der Waals surface area contributed by atoms with Crippen molar-refractivity contribution in [3.05, 3.63) is 0 Å². The molecular weight excluding hydrogens is 248 g/mol. The number of nitrogens with zero attached hydrogens (tertiary/aromatic N) is 1. The zero-order chi connectivity index (χ0) is 13.1. The fourth-order valence-electron chi connectivity index (χ4n) is 3.42. The Hall–Kier alpha value is -0.130. The molecule has 2 fully saturated rings. The van der Waals surface area contributed by atoms with Gasteiger partial charge in [-0.15, -0.1) is 0 Å². The van der Waals surface area contributed by atoms with Crippen molar-refractivity contribution in [2.45, 2.75) is 44.6 Å². The molecule has 4 nitrogen and oxygen atoms in total. The van der Waals surface area contributed by atoms with Crippen molar-refractivity contribution in [3.8, 4) is 0 Å². The van der Waals surface area contributed by atoms with E-state index in [9.17, 15) is 8.42 Å². The molecule has 18 heavy (non-hydrogen) atoms. The number of nitrogens with one attached hydrogen (secondary N) is 1. The summed E-state index contributed by atoms with van der Waals surface area (Å²) in [5, 5.41) is 3.48. The highest BCUT2D eigenvalue weighted by Crippen LogP contribution is 2.35. The van der Waals surface area contributed by atoms with E-state index < -0.39 is 9.84 Å². The van der Waals surface area contributed by atoms with Crippen molar-refractivity contribution in [2.24, 2.45) is 0 Å². The minimum Gasteiger partial charge on any atom is -0.314 e. The minimum absolute atomic E-state index is 0.264. The number of rotatable bonds is 5. The van der Waals surface area contributed by atoms with Crippen LogP contribution in [-0.2, 0) is 9.84 Å². The van der Waals surface area contributed by atoms with Gasteiger partial charge < -0.3 is 5.32 Å². The molecule has 0 aromatic carbocycles. The molecule has 0 radical (unpaired) electrons. The fraction of sp³-hybridized carbons (Fsp3) is 1.00. The van der Waals surface area contributed by atoms with Gasteiger partial charge in [0.05, 0.1) is 5.75 Å². The van der Waals surface area contributed by atoms with Crippen molar-refractivity contribution in [1.29, 1.82) is 0 Å². The molecular formula is C13H26N2O2S. The van der Waals surface area contributed by atoms with Gasteiger partial charge in [0.15, 0.2) is 9.84 Å². The normalized spacial score (nSPS) is 24.7. The highest BCUT2D eigenvalue weighted by molar-refractivity contribution is 7.91. The van der Waals surface area contributed by atoms with Gasteiger partial charge in [0, 0.05) is 37.5 Å². The van der Waals surface area contributed by atoms with Gasteiger partial charge in [-0.1, -0.05) is 19.8 Å². The molecule has 1 heterocycles. The number of hydrogen-bond donors (Lipinski definition) is 1. The van der Waals surface area contributed by atoms with Crippen LogP contribution in [0.15, 0.2) is 0 Å². The highest BCUT2D eigenvalue weighted by atomic mass is 32.2. The maximum Gasteiger partial charge on any atom is 0.151 e. The van der Waals surface area contributed by atoms with Gasteiger partial charge in [-0.3, -0.25) is 4.90 Å². The lowest BCUT2D eigenvalue weighted by atomic mass is 9.93. The molecule has 1 spiro atoms. The predicted octanol–water partition coefficient (Wildman–Crippen LogP) is 1.03. The summed E-state index contributed by atoms with van der Waals surface area (Å²) in [4.78, 5) is 2.45. The third-order valence-electron chi connectivity index (χ3n) is 4.40. The number of piperazine rings is 1. The van der Waals surface area contributed by atoms with Gasteiger partial charge in [-0.05, 0) is 19.3 Å². The average molecular weight is 274 g/mol. The van der Waals surface area contributed by atoms with E-state index in [1.807, 2.05) is 6.92 Å². The smallest absolute Gasteiger partial charge is 0.151 e. The zero-order valence-corrected chi connectivity index (χ0v) is 12.3. The van der Waals surface area contributed by atoms with E-state index >= 15 is 0 Å². The number of sulfone groups is 1. The molecule has 5 heteroatoms. The van der Waals surface area contributed by atoms with Crippen LogP contribution in [0, 0.1) is 0 Å². The van der Waals surface area contributed by atoms with Gasteiger partial charge in [0.1, 0.15) is 0 Å². The maximum atomic E-state index is 11.8. The van der Waals surface area contributed by atoms with Crippen molar-refractivity contribution in [2.75, 3.05) is 37.7 Å². The maximum absolute atomic E-state index is 11.8. The van der Waals surface area contributed by atoms with Crippen LogP contribution in [0.2, 0.25) is 0 Å². The molecule has 1 aliphatic carbocycles. The van der Waals surface area contributed by atoms with Crippen molar-refractivity contribution < 1.29 is 8.42 Å². The Kier molecular flexibility index (Phi) is 4.67. The van der Waals surface area contributed by atoms with Crippen molar-refractivity contribution in [3.63, 3.8) is 0 Å². The lowest BCUT2D eigenvalue weighted by Gasteiger charge is -2.45. The lowest BCUT2D eigenvalue weighted by molar-refractivity contribution is 0.0715. The molecule has 0 amide bonds. The van der Waals surface area contributed by atoms with Crippen LogP contribution in [-0.4, -0.2) is 56.5 Å². The molecule has 106 valence electrons. The van der Waals surface area contributed by atoms with Crippen molar-refractivity contribution >= 4 is 9.84 Å². The highest BCUT2D eigenvalue weighted by Gasteiger charge is 2.41. The molecule has 1 saturated carbocycles. The van der Waals surface area contributed by atoms with E-state index in [4.69, 9.17) is 0 Å². The van der Waals surface area contributed by atoms with Crippen LogP contribution in [0.25, 0.3) is 0 Å². The second kappa shape index (κ2) is 5.88. The second-order valence-corrected chi connectivity index (χ2v) is 8.05. The van der Waals surface area contributed by atoms with Gasteiger partial charge in [-0.25, -0.2) is 8.42 Å². The molecule has 2 rings (SSSR count). The van der Waals surface area contributed by atoms with Gasteiger partial charge >= 0.3 is 0 Å². The van der Waals surface area contributed by atoms with E-state index in [2.05, 4.69) is 10.2 Å². The Morgan fingerprint density at radius 3 is 2.61 bits per heavy atom. The monoisotopic (exact) mass is 274 g/mol. The molecule has 1 saturated heterocycles. The summed E-state index contributed by atoms with van der Waals surface area (Å²) in [6.07, 6.45) is 5.77. The van der Waals surface area contributed by atoms with Crippen LogP contribution in [0.5, 0.6) is 0 Å². The summed E-state index contributed by atoms with van der Waals surface area (Å²) in [6, 6.07) is 0. The SMILES string of the molecule is CCCS(=O)(=O)CCN1CCNCC12CCCC2. The molecule has 0 atom stereocenters. The molecule has 2 aliphatic rings. The van der Waals surface area contributed by atoms with Gasteiger partial charge in [0.2, 0.25) is 0 Å². The Balaban J connectivity index is 1.94. The minimum atomic E-state index is -2.84. The molecule has 1 N–H and O–H groups in total. The first-order valence-corrected chi connectivity index (χ1v) is 9.06. The second-order valence-electron chi connectivity index (χ2n) is 5.75. The molecule has 0 bridgehead atoms. The quantitative estimate of drug-likeness (QED) is 0.813. The Labute approximate surface area is 111 Å². The van der Waals surface area contributed by atoms with Crippen LogP contribution in [0.4, 0.5) is 0 Å². The average Bonchev–Trinajstić information content (AvgIpc) is 2.77. The first-order chi connectivity index (χ1) is 8.58. The molecule has 0 aromatic rings. The molecule has 0 unspecified atom stereocenters. The van der Waals surface area contributed by atoms with E-state index in [1.165, 1.54) is 25.7 Å². The van der Waals surface area contributed by atoms with Gasteiger partial charge in [-0.2, -0.15) is 0 Å². The number of hydrogen-bond acceptors (Lipinski definition) is 4. The van der Waals surface area contributed by atoms with E-state index in [-0.39, 0.29) is 5.54 Å². The predicted molar refractivity (Wildman–Crippen MR) is 74.6 cm³/mol. The topological polar surface area (TPSA) is 49.4 Å². The van der Waals surface area contributed by atoms with Crippen molar-refractivity contribution in [1.82, 2.24) is 10.2 Å². The largest absolute Gasteiger partial charge is 0.314 e. The van der Waals surface area contributed by atoms with E-state index in [0.29, 0.717) is 11.5 Å². The van der Waals surface area contributed by atoms with Crippen LogP contribution in [0.1, 0.15) is 39.0 Å². The van der Waals surface area contributed by atoms with Gasteiger partial charge in [0.25, 0.3) is 0 Å². The summed E-state index contributed by atoms with van der Waals surface area (Å²) in [5.41, 5.74) is 0.264. The fourth-order valence-corrected chi connectivity index (χ4v) is 4.75. The summed E-state index contributed by atoms with van der Waals surface area (Å²) < 4.78 is 23.7. The van der Waals surface area contributed by atoms with Crippen LogP contribution < -0.4 is 5.32 Å². The summed E-state index contributed by atoms with van der Waals surface area (Å²) in [6.45, 7) is 5.70. The van der Waals surface area contributed by atoms with Crippen LogP contribution >= 0.6 is 0 Å². The standard InChI is InChI=1S/C13H26N2O2S/c1-2-10-18(16,17)11-9-15-8-7-14-12-13(15)5-3-4-6-13/h14H,2-12H2,1H3. The first kappa shape index (κ1) is 14.3. The summed E-state index contributed by atoms with van der Waals surface area (Å²) in [7, 11) is -2.84. The molecule has 1 aliphatic heterocycles. The zero-order valence-electron chi connectivity index (χ0n) is 11.5. The van der Waals surface area contributed by atoms with E-state index in [1.54, 1.807) is 0 Å². The third kappa shape index (κ3) is 3.25. The third-order valence-corrected chi connectivity index (χ3v) is 6.24. The summed E-state index contributed by atoms with van der Waals surface area (Å²) >= 11 is 0. The first-order valence-electron chi connectivity index (χ1n) is 7.24.